The zero-order valence-corrected chi connectivity index (χ0v) is 15.8. The highest BCUT2D eigenvalue weighted by Gasteiger charge is 2.26. The predicted molar refractivity (Wildman–Crippen MR) is 99.2 cm³/mol. The van der Waals surface area contributed by atoms with Crippen molar-refractivity contribution in [2.24, 2.45) is 0 Å². The number of piperazine rings is 1. The topological polar surface area (TPSA) is 62.1 Å². The molecule has 2 amide bonds. The molecule has 4 heterocycles. The van der Waals surface area contributed by atoms with Gasteiger partial charge in [-0.3, -0.25) is 4.90 Å². The van der Waals surface area contributed by atoms with Crippen LogP contribution < -0.4 is 0 Å². The van der Waals surface area contributed by atoms with Gasteiger partial charge in [-0.05, 0) is 19.1 Å². The number of nitrogens with zero attached hydrogens (tertiary/aromatic N) is 4. The molecule has 4 rings (SSSR count). The summed E-state index contributed by atoms with van der Waals surface area (Å²) in [5.41, 5.74) is 1.06. The lowest BCUT2D eigenvalue weighted by Crippen LogP contribution is -2.54. The molecule has 2 saturated heterocycles. The van der Waals surface area contributed by atoms with Crippen molar-refractivity contribution >= 4 is 17.4 Å². The first-order valence-electron chi connectivity index (χ1n) is 9.04. The molecule has 0 aromatic carbocycles. The Hall–Kier alpha value is -1.90. The molecule has 140 valence electrons. The summed E-state index contributed by atoms with van der Waals surface area (Å²) in [5.74, 6) is 1.73. The van der Waals surface area contributed by atoms with Crippen LogP contribution >= 0.6 is 11.3 Å². The molecule has 0 saturated carbocycles. The molecule has 2 aliphatic heterocycles. The molecule has 2 aromatic rings. The van der Waals surface area contributed by atoms with Gasteiger partial charge in [-0.1, -0.05) is 0 Å². The van der Waals surface area contributed by atoms with E-state index in [0.717, 1.165) is 54.9 Å². The molecule has 8 heteroatoms. The summed E-state index contributed by atoms with van der Waals surface area (Å²) >= 11 is 1.61. The third kappa shape index (κ3) is 3.92. The highest BCUT2D eigenvalue weighted by molar-refractivity contribution is 7.13. The minimum Gasteiger partial charge on any atom is -0.459 e. The summed E-state index contributed by atoms with van der Waals surface area (Å²) < 4.78 is 11.0. The maximum Gasteiger partial charge on any atom is 0.320 e. The fourth-order valence-corrected chi connectivity index (χ4v) is 4.09. The Morgan fingerprint density at radius 2 is 1.85 bits per heavy atom. The van der Waals surface area contributed by atoms with Gasteiger partial charge in [0, 0.05) is 51.2 Å². The van der Waals surface area contributed by atoms with Crippen LogP contribution in [-0.2, 0) is 11.3 Å². The molecule has 0 N–H and O–H groups in total. The average molecular weight is 376 g/mol. The summed E-state index contributed by atoms with van der Waals surface area (Å²) in [5, 5.41) is 3.02. The van der Waals surface area contributed by atoms with Gasteiger partial charge in [0.15, 0.2) is 10.8 Å². The van der Waals surface area contributed by atoms with Crippen molar-refractivity contribution in [3.05, 3.63) is 29.0 Å². The fraction of sp³-hybridized carbons (Fsp3) is 0.556. The summed E-state index contributed by atoms with van der Waals surface area (Å²) in [6.07, 6.45) is 0. The number of aryl methyl sites for hydroxylation is 1. The van der Waals surface area contributed by atoms with Crippen LogP contribution in [0, 0.1) is 6.92 Å². The summed E-state index contributed by atoms with van der Waals surface area (Å²) in [6, 6.07) is 4.08. The number of thiazole rings is 1. The smallest absolute Gasteiger partial charge is 0.320 e. The van der Waals surface area contributed by atoms with E-state index in [9.17, 15) is 4.79 Å². The van der Waals surface area contributed by atoms with Crippen LogP contribution in [0.15, 0.2) is 21.9 Å². The molecule has 0 atom stereocenters. The quantitative estimate of drug-likeness (QED) is 0.822. The van der Waals surface area contributed by atoms with Crippen LogP contribution in [0.4, 0.5) is 4.79 Å². The van der Waals surface area contributed by atoms with E-state index in [4.69, 9.17) is 14.1 Å². The van der Waals surface area contributed by atoms with E-state index in [0.29, 0.717) is 26.3 Å². The van der Waals surface area contributed by atoms with Crippen molar-refractivity contribution < 1.29 is 13.9 Å². The zero-order chi connectivity index (χ0) is 17.9. The average Bonchev–Trinajstić information content (AvgIpc) is 3.31. The summed E-state index contributed by atoms with van der Waals surface area (Å²) in [4.78, 5) is 23.4. The highest BCUT2D eigenvalue weighted by atomic mass is 32.1. The first kappa shape index (κ1) is 17.5. The van der Waals surface area contributed by atoms with Crippen LogP contribution in [-0.4, -0.2) is 78.2 Å². The molecule has 0 unspecified atom stereocenters. The number of amides is 2. The number of rotatable bonds is 3. The third-order valence-corrected chi connectivity index (χ3v) is 5.72. The second-order valence-corrected chi connectivity index (χ2v) is 7.56. The predicted octanol–water partition coefficient (Wildman–Crippen LogP) is 2.28. The molecule has 0 aliphatic carbocycles. The van der Waals surface area contributed by atoms with E-state index in [1.807, 2.05) is 28.9 Å². The van der Waals surface area contributed by atoms with E-state index in [2.05, 4.69) is 10.3 Å². The van der Waals surface area contributed by atoms with Crippen LogP contribution in [0.25, 0.3) is 10.8 Å². The van der Waals surface area contributed by atoms with Gasteiger partial charge in [0.25, 0.3) is 0 Å². The minimum absolute atomic E-state index is 0.150. The normalized spacial score (nSPS) is 19.1. The summed E-state index contributed by atoms with van der Waals surface area (Å²) in [6.45, 7) is 8.74. The van der Waals surface area contributed by atoms with Crippen molar-refractivity contribution in [3.63, 3.8) is 0 Å². The number of ether oxygens (including phenoxy) is 1. The van der Waals surface area contributed by atoms with Gasteiger partial charge < -0.3 is 19.0 Å². The standard InChI is InChI=1S/C18H24N4O3S/c1-14-2-3-16(25-14)17-19-15(13-26-17)12-20-4-6-21(7-5-20)18(23)22-8-10-24-11-9-22/h2-3,13H,4-12H2,1H3. The molecule has 2 aromatic heterocycles. The van der Waals surface area contributed by atoms with Crippen molar-refractivity contribution in [1.29, 1.82) is 0 Å². The van der Waals surface area contributed by atoms with Crippen LogP contribution in [0.5, 0.6) is 0 Å². The maximum absolute atomic E-state index is 12.5. The van der Waals surface area contributed by atoms with E-state index in [-0.39, 0.29) is 6.03 Å². The van der Waals surface area contributed by atoms with Gasteiger partial charge in [0.05, 0.1) is 18.9 Å². The van der Waals surface area contributed by atoms with Gasteiger partial charge in [-0.15, -0.1) is 11.3 Å². The first-order valence-corrected chi connectivity index (χ1v) is 9.92. The number of carbonyl (C=O) groups is 1. The number of urea groups is 1. The Bertz CT molecular complexity index is 745. The highest BCUT2D eigenvalue weighted by Crippen LogP contribution is 2.26. The molecule has 0 radical (unpaired) electrons. The van der Waals surface area contributed by atoms with E-state index >= 15 is 0 Å². The lowest BCUT2D eigenvalue weighted by atomic mass is 10.3. The fourth-order valence-electron chi connectivity index (χ4n) is 3.32. The molecular formula is C18H24N4O3S. The number of hydrogen-bond acceptors (Lipinski definition) is 6. The number of morpholine rings is 1. The molecule has 26 heavy (non-hydrogen) atoms. The molecule has 0 spiro atoms. The number of carbonyl (C=O) groups excluding carboxylic acids is 1. The van der Waals surface area contributed by atoms with Gasteiger partial charge >= 0.3 is 6.03 Å². The van der Waals surface area contributed by atoms with Crippen molar-refractivity contribution in [2.45, 2.75) is 13.5 Å². The van der Waals surface area contributed by atoms with Crippen molar-refractivity contribution in [2.75, 3.05) is 52.5 Å². The van der Waals surface area contributed by atoms with E-state index < -0.39 is 0 Å². The van der Waals surface area contributed by atoms with Crippen molar-refractivity contribution in [3.8, 4) is 10.8 Å². The zero-order valence-electron chi connectivity index (χ0n) is 15.0. The lowest BCUT2D eigenvalue weighted by molar-refractivity contribution is 0.0372. The largest absolute Gasteiger partial charge is 0.459 e. The number of hydrogen-bond donors (Lipinski definition) is 0. The SMILES string of the molecule is Cc1ccc(-c2nc(CN3CCN(C(=O)N4CCOCC4)CC3)cs2)o1. The Kier molecular flexibility index (Phi) is 5.23. The first-order chi connectivity index (χ1) is 12.7. The van der Waals surface area contributed by atoms with Crippen LogP contribution in [0.1, 0.15) is 11.5 Å². The Balaban J connectivity index is 1.29. The lowest BCUT2D eigenvalue weighted by Gasteiger charge is -2.38. The Labute approximate surface area is 157 Å². The minimum atomic E-state index is 0.150. The van der Waals surface area contributed by atoms with Crippen LogP contribution in [0.2, 0.25) is 0 Å². The monoisotopic (exact) mass is 376 g/mol. The molecule has 7 nitrogen and oxygen atoms in total. The maximum atomic E-state index is 12.5. The van der Waals surface area contributed by atoms with E-state index in [1.54, 1.807) is 11.3 Å². The number of furan rings is 1. The summed E-state index contributed by atoms with van der Waals surface area (Å²) in [7, 11) is 0. The Morgan fingerprint density at radius 3 is 2.54 bits per heavy atom. The molecule has 2 aliphatic rings. The second-order valence-electron chi connectivity index (χ2n) is 6.70. The number of aromatic nitrogens is 1. The van der Waals surface area contributed by atoms with Crippen LogP contribution in [0.3, 0.4) is 0 Å². The van der Waals surface area contributed by atoms with Gasteiger partial charge in [0.2, 0.25) is 0 Å². The third-order valence-electron chi connectivity index (χ3n) is 4.81. The van der Waals surface area contributed by atoms with Crippen molar-refractivity contribution in [1.82, 2.24) is 19.7 Å². The van der Waals surface area contributed by atoms with Gasteiger partial charge in [0.1, 0.15) is 5.76 Å². The van der Waals surface area contributed by atoms with Gasteiger partial charge in [-0.2, -0.15) is 0 Å². The molecule has 0 bridgehead atoms. The Morgan fingerprint density at radius 1 is 1.12 bits per heavy atom. The second kappa shape index (κ2) is 7.77. The van der Waals surface area contributed by atoms with Gasteiger partial charge in [-0.25, -0.2) is 9.78 Å². The van der Waals surface area contributed by atoms with E-state index in [1.165, 1.54) is 0 Å². The molecular weight excluding hydrogens is 352 g/mol. The molecule has 2 fully saturated rings.